The second-order valence-corrected chi connectivity index (χ2v) is 3.08. The number of hydrogen-bond donors (Lipinski definition) is 3. The van der Waals surface area contributed by atoms with Crippen molar-refractivity contribution in [2.75, 3.05) is 0 Å². The molecule has 0 aliphatic carbocycles. The second kappa shape index (κ2) is 4.31. The van der Waals surface area contributed by atoms with E-state index < -0.39 is 18.1 Å². The van der Waals surface area contributed by atoms with Crippen LogP contribution < -0.4 is 5.73 Å². The van der Waals surface area contributed by atoms with Gasteiger partial charge in [0.15, 0.2) is 6.10 Å². The lowest BCUT2D eigenvalue weighted by Gasteiger charge is -2.16. The summed E-state index contributed by atoms with van der Waals surface area (Å²) < 4.78 is 0. The van der Waals surface area contributed by atoms with Crippen LogP contribution in [-0.4, -0.2) is 28.3 Å². The monoisotopic (exact) mass is 161 g/mol. The summed E-state index contributed by atoms with van der Waals surface area (Å²) in [5.74, 6) is -0.947. The van der Waals surface area contributed by atoms with Crippen molar-refractivity contribution in [3.05, 3.63) is 0 Å². The zero-order valence-corrected chi connectivity index (χ0v) is 6.82. The quantitative estimate of drug-likeness (QED) is 0.533. The third kappa shape index (κ3) is 3.95. The van der Waals surface area contributed by atoms with Crippen LogP contribution in [0.1, 0.15) is 20.3 Å². The van der Waals surface area contributed by atoms with Crippen molar-refractivity contribution >= 4 is 5.97 Å². The summed E-state index contributed by atoms with van der Waals surface area (Å²) in [5, 5.41) is 17.3. The molecule has 2 atom stereocenters. The molecule has 11 heavy (non-hydrogen) atoms. The van der Waals surface area contributed by atoms with Crippen LogP contribution in [0.5, 0.6) is 0 Å². The highest BCUT2D eigenvalue weighted by atomic mass is 16.4. The number of hydrogen-bond acceptors (Lipinski definition) is 3. The van der Waals surface area contributed by atoms with E-state index in [0.29, 0.717) is 12.3 Å². The van der Waals surface area contributed by atoms with Crippen molar-refractivity contribution in [1.82, 2.24) is 0 Å². The summed E-state index contributed by atoms with van der Waals surface area (Å²) in [6, 6.07) is -0.660. The largest absolute Gasteiger partial charge is 0.479 e. The number of rotatable bonds is 4. The van der Waals surface area contributed by atoms with Crippen LogP contribution in [-0.2, 0) is 4.79 Å². The first kappa shape index (κ1) is 10.4. The van der Waals surface area contributed by atoms with Gasteiger partial charge in [-0.1, -0.05) is 13.8 Å². The van der Waals surface area contributed by atoms with Crippen molar-refractivity contribution in [3.8, 4) is 0 Å². The molecular weight excluding hydrogens is 146 g/mol. The predicted molar refractivity (Wildman–Crippen MR) is 41.1 cm³/mol. The summed E-state index contributed by atoms with van der Waals surface area (Å²) in [4.78, 5) is 10.2. The van der Waals surface area contributed by atoms with Gasteiger partial charge in [0.1, 0.15) is 0 Å². The molecule has 0 spiro atoms. The SMILES string of the molecule is CC(C)CC(N)C(O)C(=O)O. The fourth-order valence-corrected chi connectivity index (χ4v) is 0.856. The minimum atomic E-state index is -1.43. The summed E-state index contributed by atoms with van der Waals surface area (Å²) >= 11 is 0. The molecule has 0 saturated carbocycles. The number of nitrogens with two attached hydrogens (primary N) is 1. The van der Waals surface area contributed by atoms with E-state index in [2.05, 4.69) is 0 Å². The molecule has 2 unspecified atom stereocenters. The van der Waals surface area contributed by atoms with Gasteiger partial charge >= 0.3 is 5.97 Å². The Morgan fingerprint density at radius 3 is 2.27 bits per heavy atom. The third-order valence-corrected chi connectivity index (χ3v) is 1.40. The summed E-state index contributed by atoms with van der Waals surface area (Å²) in [6.07, 6.45) is -0.912. The Morgan fingerprint density at radius 1 is 1.55 bits per heavy atom. The molecule has 0 bridgehead atoms. The average molecular weight is 161 g/mol. The van der Waals surface area contributed by atoms with E-state index in [1.54, 1.807) is 0 Å². The zero-order valence-electron chi connectivity index (χ0n) is 6.82. The first-order valence-electron chi connectivity index (χ1n) is 3.61. The highest BCUT2D eigenvalue weighted by Crippen LogP contribution is 2.05. The summed E-state index contributed by atoms with van der Waals surface area (Å²) in [7, 11) is 0. The smallest absolute Gasteiger partial charge is 0.334 e. The molecule has 0 aromatic heterocycles. The fraction of sp³-hybridized carbons (Fsp3) is 0.857. The van der Waals surface area contributed by atoms with Gasteiger partial charge in [-0.05, 0) is 12.3 Å². The Balaban J connectivity index is 3.82. The van der Waals surface area contributed by atoms with Crippen molar-refractivity contribution in [2.24, 2.45) is 11.7 Å². The topological polar surface area (TPSA) is 83.5 Å². The standard InChI is InChI=1S/C7H15NO3/c1-4(2)3-5(8)6(9)7(10)11/h4-6,9H,3,8H2,1-2H3,(H,10,11). The van der Waals surface area contributed by atoms with Gasteiger partial charge in [0.2, 0.25) is 0 Å². The molecule has 0 amide bonds. The molecule has 0 aromatic rings. The zero-order chi connectivity index (χ0) is 9.02. The number of aliphatic carboxylic acids is 1. The van der Waals surface area contributed by atoms with E-state index in [4.69, 9.17) is 15.9 Å². The number of carboxylic acid groups (broad SMARTS) is 1. The number of aliphatic hydroxyl groups is 1. The number of carbonyl (C=O) groups is 1. The van der Waals surface area contributed by atoms with Gasteiger partial charge in [0, 0.05) is 6.04 Å². The molecule has 0 saturated heterocycles. The van der Waals surface area contributed by atoms with Crippen LogP contribution >= 0.6 is 0 Å². The maximum Gasteiger partial charge on any atom is 0.334 e. The number of aliphatic hydroxyl groups excluding tert-OH is 1. The Morgan fingerprint density at radius 2 is 2.00 bits per heavy atom. The molecule has 0 aliphatic rings. The maximum atomic E-state index is 10.2. The minimum Gasteiger partial charge on any atom is -0.479 e. The molecule has 4 nitrogen and oxygen atoms in total. The van der Waals surface area contributed by atoms with E-state index in [-0.39, 0.29) is 0 Å². The van der Waals surface area contributed by atoms with E-state index in [1.807, 2.05) is 13.8 Å². The molecule has 66 valence electrons. The Hall–Kier alpha value is -0.610. The molecule has 0 fully saturated rings. The van der Waals surface area contributed by atoms with E-state index in [1.165, 1.54) is 0 Å². The van der Waals surface area contributed by atoms with Gasteiger partial charge < -0.3 is 15.9 Å². The average Bonchev–Trinajstić information content (AvgIpc) is 1.84. The molecule has 0 heterocycles. The fourth-order valence-electron chi connectivity index (χ4n) is 0.856. The van der Waals surface area contributed by atoms with E-state index in [9.17, 15) is 4.79 Å². The Bertz CT molecular complexity index is 136. The van der Waals surface area contributed by atoms with Crippen molar-refractivity contribution in [1.29, 1.82) is 0 Å². The van der Waals surface area contributed by atoms with Crippen molar-refractivity contribution in [2.45, 2.75) is 32.4 Å². The highest BCUT2D eigenvalue weighted by molar-refractivity contribution is 5.72. The maximum absolute atomic E-state index is 10.2. The number of carboxylic acids is 1. The summed E-state index contributed by atoms with van der Waals surface area (Å²) in [5.41, 5.74) is 5.39. The molecule has 0 aliphatic heterocycles. The van der Waals surface area contributed by atoms with E-state index in [0.717, 1.165) is 0 Å². The van der Waals surface area contributed by atoms with Crippen LogP contribution in [0.4, 0.5) is 0 Å². The van der Waals surface area contributed by atoms with Gasteiger partial charge in [0.25, 0.3) is 0 Å². The van der Waals surface area contributed by atoms with Crippen LogP contribution in [0.2, 0.25) is 0 Å². The van der Waals surface area contributed by atoms with Gasteiger partial charge in [-0.2, -0.15) is 0 Å². The molecule has 4 N–H and O–H groups in total. The minimum absolute atomic E-state index is 0.305. The normalized spacial score (nSPS) is 16.5. The van der Waals surface area contributed by atoms with Crippen LogP contribution in [0.3, 0.4) is 0 Å². The third-order valence-electron chi connectivity index (χ3n) is 1.40. The molecular formula is C7H15NO3. The van der Waals surface area contributed by atoms with Crippen molar-refractivity contribution in [3.63, 3.8) is 0 Å². The first-order valence-corrected chi connectivity index (χ1v) is 3.61. The van der Waals surface area contributed by atoms with Crippen LogP contribution in [0, 0.1) is 5.92 Å². The molecule has 4 heteroatoms. The lowest BCUT2D eigenvalue weighted by molar-refractivity contribution is -0.147. The van der Waals surface area contributed by atoms with Gasteiger partial charge in [0.05, 0.1) is 0 Å². The lowest BCUT2D eigenvalue weighted by atomic mass is 10.0. The Kier molecular flexibility index (Phi) is 4.07. The first-order chi connectivity index (χ1) is 4.95. The highest BCUT2D eigenvalue weighted by Gasteiger charge is 2.22. The molecule has 0 rings (SSSR count). The second-order valence-electron chi connectivity index (χ2n) is 3.08. The van der Waals surface area contributed by atoms with Crippen LogP contribution in [0.15, 0.2) is 0 Å². The molecule has 0 aromatic carbocycles. The lowest BCUT2D eigenvalue weighted by Crippen LogP contribution is -2.41. The molecule has 0 radical (unpaired) electrons. The van der Waals surface area contributed by atoms with Gasteiger partial charge in [-0.3, -0.25) is 0 Å². The van der Waals surface area contributed by atoms with E-state index >= 15 is 0 Å². The van der Waals surface area contributed by atoms with Crippen LogP contribution in [0.25, 0.3) is 0 Å². The van der Waals surface area contributed by atoms with Gasteiger partial charge in [-0.25, -0.2) is 4.79 Å². The van der Waals surface area contributed by atoms with Gasteiger partial charge in [-0.15, -0.1) is 0 Å². The van der Waals surface area contributed by atoms with Crippen molar-refractivity contribution < 1.29 is 15.0 Å². The summed E-state index contributed by atoms with van der Waals surface area (Å²) in [6.45, 7) is 3.85. The predicted octanol–water partition coefficient (Wildman–Crippen LogP) is -0.195. The Labute approximate surface area is 66.0 Å².